The van der Waals surface area contributed by atoms with Crippen LogP contribution in [0.25, 0.3) is 17.1 Å². The molecule has 1 fully saturated rings. The number of ether oxygens (including phenoxy) is 1. The van der Waals surface area contributed by atoms with E-state index < -0.39 is 35.4 Å². The van der Waals surface area contributed by atoms with Crippen molar-refractivity contribution in [3.8, 4) is 17.1 Å². The summed E-state index contributed by atoms with van der Waals surface area (Å²) in [6.07, 6.45) is -1.61. The van der Waals surface area contributed by atoms with Crippen molar-refractivity contribution in [1.82, 2.24) is 25.0 Å². The molecule has 1 aliphatic heterocycles. The fraction of sp³-hybridized carbons (Fsp3) is 0.258. The van der Waals surface area contributed by atoms with E-state index in [1.165, 1.54) is 35.3 Å². The minimum Gasteiger partial charge on any atom is -0.379 e. The fourth-order valence-corrected chi connectivity index (χ4v) is 4.94. The Bertz CT molecular complexity index is 1650. The Hall–Kier alpha value is -4.88. The molecule has 3 N–H and O–H groups in total. The molecule has 2 aromatic heterocycles. The number of aromatic nitrogens is 3. The normalized spacial score (nSPS) is 14.6. The highest BCUT2D eigenvalue weighted by Crippen LogP contribution is 2.34. The number of ketones is 1. The Labute approximate surface area is 250 Å². The fourth-order valence-electron chi connectivity index (χ4n) is 4.94. The molecule has 0 saturated carbocycles. The van der Waals surface area contributed by atoms with Crippen LogP contribution in [0.3, 0.4) is 0 Å². The van der Waals surface area contributed by atoms with Gasteiger partial charge in [0, 0.05) is 44.0 Å². The van der Waals surface area contributed by atoms with Crippen molar-refractivity contribution in [2.24, 2.45) is 5.73 Å². The van der Waals surface area contributed by atoms with Crippen molar-refractivity contribution in [3.63, 3.8) is 0 Å². The van der Waals surface area contributed by atoms with E-state index in [2.05, 4.69) is 20.3 Å². The van der Waals surface area contributed by atoms with E-state index in [1.54, 1.807) is 36.4 Å². The molecule has 10 nitrogen and oxygen atoms in total. The summed E-state index contributed by atoms with van der Waals surface area (Å²) in [6.45, 7) is 2.76. The summed E-state index contributed by atoms with van der Waals surface area (Å²) in [4.78, 5) is 44.1. The van der Waals surface area contributed by atoms with Crippen LogP contribution in [0.5, 0.6) is 0 Å². The smallest absolute Gasteiger partial charge is 0.379 e. The van der Waals surface area contributed by atoms with E-state index in [-0.39, 0.29) is 23.5 Å². The van der Waals surface area contributed by atoms with Crippen molar-refractivity contribution in [3.05, 3.63) is 101 Å². The molecule has 1 aliphatic rings. The second kappa shape index (κ2) is 13.2. The number of carbonyl (C=O) groups excluding carboxylic acids is 3. The third kappa shape index (κ3) is 7.18. The van der Waals surface area contributed by atoms with Crippen molar-refractivity contribution >= 4 is 17.6 Å². The topological polar surface area (TPSA) is 132 Å². The van der Waals surface area contributed by atoms with Gasteiger partial charge in [-0.2, -0.15) is 18.3 Å². The van der Waals surface area contributed by atoms with Gasteiger partial charge in [-0.1, -0.05) is 36.4 Å². The predicted octanol–water partition coefficient (Wildman–Crippen LogP) is 3.18. The first kappa shape index (κ1) is 30.6. The molecule has 5 rings (SSSR count). The number of primary amides is 1. The lowest BCUT2D eigenvalue weighted by Gasteiger charge is -2.27. The maximum Gasteiger partial charge on any atom is 0.416 e. The summed E-state index contributed by atoms with van der Waals surface area (Å²) >= 11 is 0. The Balaban J connectivity index is 1.45. The van der Waals surface area contributed by atoms with Crippen LogP contribution in [-0.2, 0) is 33.5 Å². The highest BCUT2D eigenvalue weighted by Gasteiger charge is 2.32. The number of hydrogen-bond acceptors (Lipinski definition) is 7. The van der Waals surface area contributed by atoms with Crippen LogP contribution < -0.4 is 11.1 Å². The monoisotopic (exact) mass is 606 g/mol. The minimum absolute atomic E-state index is 0.0232. The average molecular weight is 607 g/mol. The number of morpholine rings is 1. The SMILES string of the molecule is NC(=O)C(=O)C(Cc1ccccc1)NC(=O)c1cccnc1-n1ccc(-c2cc(C(F)(F)F)ccc2CN2CCOCC2)n1. The number of alkyl halides is 3. The quantitative estimate of drug-likeness (QED) is 0.265. The second-order valence-electron chi connectivity index (χ2n) is 10.2. The van der Waals surface area contributed by atoms with Crippen molar-refractivity contribution in [2.75, 3.05) is 26.3 Å². The summed E-state index contributed by atoms with van der Waals surface area (Å²) in [5, 5.41) is 7.08. The number of rotatable bonds is 10. The van der Waals surface area contributed by atoms with Gasteiger partial charge in [0.05, 0.1) is 30.0 Å². The van der Waals surface area contributed by atoms with Crippen LogP contribution in [0.4, 0.5) is 13.2 Å². The molecule has 1 unspecified atom stereocenters. The largest absolute Gasteiger partial charge is 0.416 e. The number of Topliss-reactive ketones (excluding diaryl/α,β-unsaturated/α-hetero) is 1. The Kier molecular flexibility index (Phi) is 9.16. The number of pyridine rings is 1. The van der Waals surface area contributed by atoms with Crippen LogP contribution in [0.2, 0.25) is 0 Å². The second-order valence-corrected chi connectivity index (χ2v) is 10.2. The number of halogens is 3. The van der Waals surface area contributed by atoms with Crippen molar-refractivity contribution in [1.29, 1.82) is 0 Å². The van der Waals surface area contributed by atoms with Gasteiger partial charge in [0.2, 0.25) is 5.78 Å². The highest BCUT2D eigenvalue weighted by molar-refractivity contribution is 6.38. The van der Waals surface area contributed by atoms with Crippen LogP contribution in [0.1, 0.15) is 27.0 Å². The maximum absolute atomic E-state index is 13.7. The molecule has 13 heteroatoms. The Morgan fingerprint density at radius 2 is 1.75 bits per heavy atom. The van der Waals surface area contributed by atoms with Gasteiger partial charge in [-0.15, -0.1) is 0 Å². The van der Waals surface area contributed by atoms with Gasteiger partial charge in [0.15, 0.2) is 5.82 Å². The molecular formula is C31H29F3N6O4. The molecule has 44 heavy (non-hydrogen) atoms. The molecule has 3 heterocycles. The van der Waals surface area contributed by atoms with Crippen LogP contribution in [-0.4, -0.2) is 69.6 Å². The van der Waals surface area contributed by atoms with E-state index >= 15 is 0 Å². The zero-order valence-corrected chi connectivity index (χ0v) is 23.5. The molecule has 0 radical (unpaired) electrons. The number of nitrogens with zero attached hydrogens (tertiary/aromatic N) is 4. The summed E-state index contributed by atoms with van der Waals surface area (Å²) < 4.78 is 47.7. The average Bonchev–Trinajstić information content (AvgIpc) is 3.51. The van der Waals surface area contributed by atoms with Gasteiger partial charge in [0.1, 0.15) is 6.04 Å². The van der Waals surface area contributed by atoms with Crippen molar-refractivity contribution in [2.45, 2.75) is 25.2 Å². The third-order valence-corrected chi connectivity index (χ3v) is 7.20. The van der Waals surface area contributed by atoms with Gasteiger partial charge < -0.3 is 15.8 Å². The molecule has 228 valence electrons. The third-order valence-electron chi connectivity index (χ3n) is 7.20. The standard InChI is InChI=1S/C31H29F3N6O4/c32-31(33,34)22-9-8-21(19-39-13-15-44-16-14-39)24(18-22)25-10-12-40(38-25)29-23(7-4-11-36-29)30(43)37-26(27(41)28(35)42)17-20-5-2-1-3-6-20/h1-12,18,26H,13-17,19H2,(H2,35,42)(H,37,43). The summed E-state index contributed by atoms with van der Waals surface area (Å²) in [7, 11) is 0. The van der Waals surface area contributed by atoms with Crippen LogP contribution in [0.15, 0.2) is 79.1 Å². The number of hydrogen-bond donors (Lipinski definition) is 2. The number of nitrogens with two attached hydrogens (primary N) is 1. The van der Waals surface area contributed by atoms with Crippen LogP contribution >= 0.6 is 0 Å². The molecular weight excluding hydrogens is 577 g/mol. The Morgan fingerprint density at radius 3 is 2.45 bits per heavy atom. The summed E-state index contributed by atoms with van der Waals surface area (Å²) in [5.74, 6) is -2.80. The molecule has 1 saturated heterocycles. The van der Waals surface area contributed by atoms with E-state index in [0.717, 1.165) is 12.1 Å². The van der Waals surface area contributed by atoms with Crippen LogP contribution in [0, 0.1) is 0 Å². The lowest BCUT2D eigenvalue weighted by atomic mass is 10.0. The predicted molar refractivity (Wildman–Crippen MR) is 153 cm³/mol. The molecule has 0 aliphatic carbocycles. The number of carbonyl (C=O) groups is 3. The minimum atomic E-state index is -4.56. The van der Waals surface area contributed by atoms with E-state index in [9.17, 15) is 27.6 Å². The van der Waals surface area contributed by atoms with E-state index in [1.807, 2.05) is 0 Å². The summed E-state index contributed by atoms with van der Waals surface area (Å²) in [5.41, 5.74) is 6.35. The first-order valence-corrected chi connectivity index (χ1v) is 13.8. The van der Waals surface area contributed by atoms with Crippen molar-refractivity contribution < 1.29 is 32.3 Å². The molecule has 2 aromatic carbocycles. The number of nitrogens with one attached hydrogen (secondary N) is 1. The molecule has 0 bridgehead atoms. The molecule has 0 spiro atoms. The molecule has 1 atom stereocenters. The first-order chi connectivity index (χ1) is 21.1. The lowest BCUT2D eigenvalue weighted by Crippen LogP contribution is -2.47. The van der Waals surface area contributed by atoms with Gasteiger partial charge in [-0.25, -0.2) is 9.67 Å². The van der Waals surface area contributed by atoms with Gasteiger partial charge in [-0.3, -0.25) is 19.3 Å². The van der Waals surface area contributed by atoms with Gasteiger partial charge in [-0.05, 0) is 41.5 Å². The van der Waals surface area contributed by atoms with E-state index in [4.69, 9.17) is 10.5 Å². The van der Waals surface area contributed by atoms with Gasteiger partial charge >= 0.3 is 6.18 Å². The maximum atomic E-state index is 13.7. The molecule has 4 aromatic rings. The zero-order valence-electron chi connectivity index (χ0n) is 23.5. The van der Waals surface area contributed by atoms with E-state index in [0.29, 0.717) is 49.5 Å². The van der Waals surface area contributed by atoms with Gasteiger partial charge in [0.25, 0.3) is 11.8 Å². The zero-order chi connectivity index (χ0) is 31.3. The number of amides is 2. The lowest BCUT2D eigenvalue weighted by molar-refractivity contribution is -0.137. The first-order valence-electron chi connectivity index (χ1n) is 13.8. The summed E-state index contributed by atoms with van der Waals surface area (Å²) in [6, 6.07) is 15.6. The number of benzene rings is 2. The molecule has 2 amide bonds. The highest BCUT2D eigenvalue weighted by atomic mass is 19.4. The Morgan fingerprint density at radius 1 is 1.00 bits per heavy atom.